The minimum absolute atomic E-state index is 0.0263. The predicted octanol–water partition coefficient (Wildman–Crippen LogP) is 4.37. The van der Waals surface area contributed by atoms with E-state index >= 15 is 0 Å². The number of nitrogens with one attached hydrogen (secondary N) is 1. The molecule has 2 aromatic rings. The van der Waals surface area contributed by atoms with Gasteiger partial charge in [-0.1, -0.05) is 32.0 Å². The van der Waals surface area contributed by atoms with Crippen LogP contribution in [0, 0.1) is 6.92 Å². The van der Waals surface area contributed by atoms with Crippen molar-refractivity contribution >= 4 is 5.91 Å². The van der Waals surface area contributed by atoms with Crippen molar-refractivity contribution in [2.24, 2.45) is 0 Å². The lowest BCUT2D eigenvalue weighted by Gasteiger charge is -2.21. The normalized spacial score (nSPS) is 12.2. The van der Waals surface area contributed by atoms with Gasteiger partial charge in [0.15, 0.2) is 0 Å². The summed E-state index contributed by atoms with van der Waals surface area (Å²) in [6.45, 7) is 11.7. The summed E-state index contributed by atoms with van der Waals surface area (Å²) < 4.78 is 0. The molecule has 1 heterocycles. The van der Waals surface area contributed by atoms with Gasteiger partial charge in [-0.3, -0.25) is 14.7 Å². The van der Waals surface area contributed by atoms with Crippen molar-refractivity contribution in [2.45, 2.75) is 59.5 Å². The topological polar surface area (TPSA) is 45.2 Å². The highest BCUT2D eigenvalue weighted by atomic mass is 16.1. The third-order valence-corrected chi connectivity index (χ3v) is 4.70. The molecule has 0 saturated carbocycles. The van der Waals surface area contributed by atoms with E-state index in [1.807, 2.05) is 25.1 Å². The van der Waals surface area contributed by atoms with Crippen molar-refractivity contribution in [3.8, 4) is 0 Å². The molecule has 0 spiro atoms. The maximum absolute atomic E-state index is 12.5. The molecule has 1 amide bonds. The number of carbonyl (C=O) groups excluding carboxylic acids is 1. The highest BCUT2D eigenvalue weighted by Crippen LogP contribution is 2.10. The van der Waals surface area contributed by atoms with E-state index in [1.54, 1.807) is 6.20 Å². The molecular weight excluding hydrogens is 334 g/mol. The van der Waals surface area contributed by atoms with Crippen LogP contribution in [-0.2, 0) is 13.0 Å². The summed E-state index contributed by atoms with van der Waals surface area (Å²) in [4.78, 5) is 19.4. The molecule has 1 atom stereocenters. The van der Waals surface area contributed by atoms with Crippen LogP contribution in [-0.4, -0.2) is 34.9 Å². The molecule has 1 aromatic carbocycles. The van der Waals surface area contributed by atoms with Crippen LogP contribution >= 0.6 is 0 Å². The van der Waals surface area contributed by atoms with Crippen molar-refractivity contribution in [3.63, 3.8) is 0 Å². The van der Waals surface area contributed by atoms with Gasteiger partial charge in [0.25, 0.3) is 5.91 Å². The van der Waals surface area contributed by atoms with E-state index in [1.165, 1.54) is 5.56 Å². The van der Waals surface area contributed by atoms with Gasteiger partial charge >= 0.3 is 0 Å². The van der Waals surface area contributed by atoms with Gasteiger partial charge in [-0.2, -0.15) is 0 Å². The van der Waals surface area contributed by atoms with Crippen molar-refractivity contribution in [2.75, 3.05) is 13.1 Å². The number of pyridine rings is 1. The average molecular weight is 368 g/mol. The molecule has 27 heavy (non-hydrogen) atoms. The Morgan fingerprint density at radius 2 is 1.78 bits per heavy atom. The maximum Gasteiger partial charge on any atom is 0.251 e. The van der Waals surface area contributed by atoms with Gasteiger partial charge in [0.1, 0.15) is 0 Å². The number of hydrogen-bond donors (Lipinski definition) is 1. The SMILES string of the molecule is CCCN(CCC)Cc1ccc(C(=O)N[C@@H](C)Cc2ncccc2C)cc1. The van der Waals surface area contributed by atoms with Crippen LogP contribution in [0.1, 0.15) is 60.8 Å². The Morgan fingerprint density at radius 1 is 1.11 bits per heavy atom. The van der Waals surface area contributed by atoms with E-state index < -0.39 is 0 Å². The Hall–Kier alpha value is -2.20. The second kappa shape index (κ2) is 10.8. The standard InChI is InChI=1S/C23H33N3O/c1-5-14-26(15-6-2)17-20-9-11-21(12-10-20)23(27)25-19(4)16-22-18(3)8-7-13-24-22/h7-13,19H,5-6,14-17H2,1-4H3,(H,25,27)/t19-/m0/s1. The summed E-state index contributed by atoms with van der Waals surface area (Å²) in [6.07, 6.45) is 4.86. The number of hydrogen-bond acceptors (Lipinski definition) is 3. The zero-order chi connectivity index (χ0) is 19.6. The number of rotatable bonds is 10. The minimum Gasteiger partial charge on any atom is -0.349 e. The second-order valence-electron chi connectivity index (χ2n) is 7.32. The minimum atomic E-state index is -0.0263. The average Bonchev–Trinajstić information content (AvgIpc) is 2.64. The van der Waals surface area contributed by atoms with Crippen LogP contribution < -0.4 is 5.32 Å². The zero-order valence-electron chi connectivity index (χ0n) is 17.2. The number of benzene rings is 1. The molecule has 0 saturated heterocycles. The third kappa shape index (κ3) is 6.79. The number of amides is 1. The molecule has 2 rings (SSSR count). The molecule has 0 unspecified atom stereocenters. The van der Waals surface area contributed by atoms with Gasteiger partial charge in [0.2, 0.25) is 0 Å². The molecule has 0 aliphatic rings. The van der Waals surface area contributed by atoms with Crippen molar-refractivity contribution in [1.29, 1.82) is 0 Å². The zero-order valence-corrected chi connectivity index (χ0v) is 17.2. The Labute approximate surface area is 164 Å². The number of aryl methyl sites for hydroxylation is 1. The predicted molar refractivity (Wildman–Crippen MR) is 112 cm³/mol. The summed E-state index contributed by atoms with van der Waals surface area (Å²) in [5.74, 6) is -0.0263. The molecule has 0 aliphatic carbocycles. The fourth-order valence-electron chi connectivity index (χ4n) is 3.30. The van der Waals surface area contributed by atoms with E-state index in [9.17, 15) is 4.79 Å². The molecule has 0 aliphatic heterocycles. The van der Waals surface area contributed by atoms with Crippen molar-refractivity contribution in [1.82, 2.24) is 15.2 Å². The van der Waals surface area contributed by atoms with Crippen LogP contribution in [0.2, 0.25) is 0 Å². The summed E-state index contributed by atoms with van der Waals surface area (Å²) in [5.41, 5.74) is 4.16. The molecule has 1 N–H and O–H groups in total. The lowest BCUT2D eigenvalue weighted by atomic mass is 10.1. The summed E-state index contributed by atoms with van der Waals surface area (Å²) in [6, 6.07) is 12.0. The van der Waals surface area contributed by atoms with Gasteiger partial charge in [-0.15, -0.1) is 0 Å². The largest absolute Gasteiger partial charge is 0.349 e. The first-order valence-electron chi connectivity index (χ1n) is 10.1. The Morgan fingerprint density at radius 3 is 2.37 bits per heavy atom. The highest BCUT2D eigenvalue weighted by Gasteiger charge is 2.12. The summed E-state index contributed by atoms with van der Waals surface area (Å²) in [5, 5.41) is 3.08. The fraction of sp³-hybridized carbons (Fsp3) is 0.478. The van der Waals surface area contributed by atoms with Crippen molar-refractivity contribution < 1.29 is 4.79 Å². The van der Waals surface area contributed by atoms with E-state index in [-0.39, 0.29) is 11.9 Å². The van der Waals surface area contributed by atoms with Gasteiger partial charge in [-0.25, -0.2) is 0 Å². The Kier molecular flexibility index (Phi) is 8.46. The number of nitrogens with zero attached hydrogens (tertiary/aromatic N) is 2. The van der Waals surface area contributed by atoms with Crippen LogP contribution in [0.4, 0.5) is 0 Å². The van der Waals surface area contributed by atoms with Crippen LogP contribution in [0.3, 0.4) is 0 Å². The smallest absolute Gasteiger partial charge is 0.251 e. The van der Waals surface area contributed by atoms with Gasteiger partial charge in [0.05, 0.1) is 0 Å². The van der Waals surface area contributed by atoms with Crippen LogP contribution in [0.15, 0.2) is 42.6 Å². The molecule has 4 heteroatoms. The molecule has 1 aromatic heterocycles. The molecule has 4 nitrogen and oxygen atoms in total. The summed E-state index contributed by atoms with van der Waals surface area (Å²) in [7, 11) is 0. The highest BCUT2D eigenvalue weighted by molar-refractivity contribution is 5.94. The van der Waals surface area contributed by atoms with E-state index in [2.05, 4.69) is 54.2 Å². The molecule has 146 valence electrons. The fourth-order valence-corrected chi connectivity index (χ4v) is 3.30. The van der Waals surface area contributed by atoms with Crippen molar-refractivity contribution in [3.05, 3.63) is 65.0 Å². The molecular formula is C23H33N3O. The first-order chi connectivity index (χ1) is 13.0. The number of aromatic nitrogens is 1. The number of carbonyl (C=O) groups is 1. The van der Waals surface area contributed by atoms with Gasteiger partial charge in [-0.05, 0) is 69.1 Å². The lowest BCUT2D eigenvalue weighted by molar-refractivity contribution is 0.0940. The Balaban J connectivity index is 1.91. The molecule has 0 bridgehead atoms. The second-order valence-corrected chi connectivity index (χ2v) is 7.32. The molecule has 0 radical (unpaired) electrons. The van der Waals surface area contributed by atoms with Crippen LogP contribution in [0.5, 0.6) is 0 Å². The first-order valence-corrected chi connectivity index (χ1v) is 10.1. The van der Waals surface area contributed by atoms with Crippen LogP contribution in [0.25, 0.3) is 0 Å². The molecule has 0 fully saturated rings. The monoisotopic (exact) mass is 367 g/mol. The third-order valence-electron chi connectivity index (χ3n) is 4.70. The maximum atomic E-state index is 12.5. The van der Waals surface area contributed by atoms with Gasteiger partial charge < -0.3 is 5.32 Å². The first kappa shape index (κ1) is 21.1. The van der Waals surface area contributed by atoms with Gasteiger partial charge in [0, 0.05) is 36.5 Å². The quantitative estimate of drug-likeness (QED) is 0.678. The lowest BCUT2D eigenvalue weighted by Crippen LogP contribution is -2.34. The van der Waals surface area contributed by atoms with E-state index in [0.717, 1.165) is 50.2 Å². The summed E-state index contributed by atoms with van der Waals surface area (Å²) >= 11 is 0. The van der Waals surface area contributed by atoms with E-state index in [4.69, 9.17) is 0 Å². The Bertz CT molecular complexity index is 706. The van der Waals surface area contributed by atoms with E-state index in [0.29, 0.717) is 5.56 Å².